The van der Waals surface area contributed by atoms with Crippen LogP contribution in [-0.2, 0) is 4.74 Å². The Morgan fingerprint density at radius 1 is 1.38 bits per heavy atom. The van der Waals surface area contributed by atoms with Crippen LogP contribution in [0.5, 0.6) is 0 Å². The molecule has 7 heteroatoms. The third-order valence-electron chi connectivity index (χ3n) is 3.08. The van der Waals surface area contributed by atoms with Gasteiger partial charge in [-0.15, -0.1) is 0 Å². The first-order chi connectivity index (χ1) is 10.3. The molecule has 0 saturated carbocycles. The highest BCUT2D eigenvalue weighted by Crippen LogP contribution is 2.22. The molecule has 6 nitrogen and oxygen atoms in total. The maximum absolute atomic E-state index is 5.29. The maximum Gasteiger partial charge on any atom is 0.223 e. The minimum absolute atomic E-state index is 0.0307. The third-order valence-corrected chi connectivity index (χ3v) is 3.57. The molecule has 2 aromatic heterocycles. The van der Waals surface area contributed by atoms with Crippen molar-refractivity contribution in [3.05, 3.63) is 46.7 Å². The molecule has 1 atom stereocenters. The summed E-state index contributed by atoms with van der Waals surface area (Å²) < 4.78 is 6.31. The number of fused-ring (bicyclic) bond motifs is 1. The number of hydrogen-bond donors (Lipinski definition) is 2. The van der Waals surface area contributed by atoms with E-state index < -0.39 is 0 Å². The number of nitrogens with zero attached hydrogens (tertiary/aromatic N) is 3. The number of benzene rings is 1. The van der Waals surface area contributed by atoms with Gasteiger partial charge < -0.3 is 10.1 Å². The monoisotopic (exact) mass is 347 g/mol. The Morgan fingerprint density at radius 3 is 3.10 bits per heavy atom. The van der Waals surface area contributed by atoms with E-state index in [9.17, 15) is 0 Å². The molecule has 21 heavy (non-hydrogen) atoms. The van der Waals surface area contributed by atoms with Gasteiger partial charge >= 0.3 is 0 Å². The maximum atomic E-state index is 5.29. The van der Waals surface area contributed by atoms with Crippen molar-refractivity contribution >= 4 is 32.9 Å². The zero-order valence-electron chi connectivity index (χ0n) is 11.4. The van der Waals surface area contributed by atoms with Crippen LogP contribution in [0.15, 0.2) is 41.1 Å². The van der Waals surface area contributed by atoms with E-state index in [0.29, 0.717) is 12.6 Å². The lowest BCUT2D eigenvalue weighted by Crippen LogP contribution is -2.17. The minimum atomic E-state index is -0.0307. The van der Waals surface area contributed by atoms with Gasteiger partial charge in [-0.05, 0) is 17.7 Å². The summed E-state index contributed by atoms with van der Waals surface area (Å²) in [7, 11) is 1.67. The molecule has 2 heterocycles. The number of H-pyrrole nitrogens is 1. The third kappa shape index (κ3) is 3.20. The Hall–Kier alpha value is -1.99. The van der Waals surface area contributed by atoms with E-state index >= 15 is 0 Å². The molecule has 1 unspecified atom stereocenters. The van der Waals surface area contributed by atoms with Gasteiger partial charge in [0.2, 0.25) is 5.95 Å². The standard InChI is InChI=1S/C14H14BrN5O/c1-21-8-13(9-3-2-4-10(15)5-9)19-14-16-6-12-11(18-14)7-17-20-12/h2-7,13H,8H2,1H3,(H,17,20)(H,16,18,19). The van der Waals surface area contributed by atoms with Crippen molar-refractivity contribution in [2.24, 2.45) is 0 Å². The van der Waals surface area contributed by atoms with Crippen molar-refractivity contribution in [2.75, 3.05) is 19.0 Å². The molecule has 0 aliphatic heterocycles. The number of ether oxygens (including phenoxy) is 1. The fourth-order valence-corrected chi connectivity index (χ4v) is 2.50. The lowest BCUT2D eigenvalue weighted by Gasteiger charge is -2.18. The highest BCUT2D eigenvalue weighted by atomic mass is 79.9. The van der Waals surface area contributed by atoms with Gasteiger partial charge in [0.1, 0.15) is 11.0 Å². The SMILES string of the molecule is COCC(Nc1ncc2[nH]ncc2n1)c1cccc(Br)c1. The van der Waals surface area contributed by atoms with Gasteiger partial charge in [-0.2, -0.15) is 5.10 Å². The molecule has 3 aromatic rings. The molecular formula is C14H14BrN5O. The van der Waals surface area contributed by atoms with Crippen molar-refractivity contribution in [3.8, 4) is 0 Å². The number of methoxy groups -OCH3 is 1. The second kappa shape index (κ2) is 6.19. The first-order valence-corrected chi connectivity index (χ1v) is 7.22. The van der Waals surface area contributed by atoms with Gasteiger partial charge in [0, 0.05) is 11.6 Å². The van der Waals surface area contributed by atoms with E-state index in [1.54, 1.807) is 19.5 Å². The van der Waals surface area contributed by atoms with E-state index in [-0.39, 0.29) is 6.04 Å². The molecule has 0 bridgehead atoms. The summed E-state index contributed by atoms with van der Waals surface area (Å²) >= 11 is 3.48. The summed E-state index contributed by atoms with van der Waals surface area (Å²) in [5.41, 5.74) is 2.69. The Kier molecular flexibility index (Phi) is 4.12. The molecule has 1 aromatic carbocycles. The van der Waals surface area contributed by atoms with E-state index in [2.05, 4.69) is 41.4 Å². The average molecular weight is 348 g/mol. The van der Waals surface area contributed by atoms with Crippen molar-refractivity contribution < 1.29 is 4.74 Å². The number of aromatic amines is 1. The Labute approximate surface area is 130 Å². The van der Waals surface area contributed by atoms with Crippen LogP contribution in [0.1, 0.15) is 11.6 Å². The van der Waals surface area contributed by atoms with Gasteiger partial charge in [0.15, 0.2) is 0 Å². The first kappa shape index (κ1) is 14.0. The molecule has 2 N–H and O–H groups in total. The molecular weight excluding hydrogens is 334 g/mol. The summed E-state index contributed by atoms with van der Waals surface area (Å²) in [6.45, 7) is 0.517. The highest BCUT2D eigenvalue weighted by Gasteiger charge is 2.13. The summed E-state index contributed by atoms with van der Waals surface area (Å²) in [5, 5.41) is 10.1. The van der Waals surface area contributed by atoms with Crippen LogP contribution in [-0.4, -0.2) is 33.9 Å². The number of nitrogens with one attached hydrogen (secondary N) is 2. The second-order valence-electron chi connectivity index (χ2n) is 4.57. The summed E-state index contributed by atoms with van der Waals surface area (Å²) in [4.78, 5) is 8.71. The van der Waals surface area contributed by atoms with Crippen LogP contribution in [0.2, 0.25) is 0 Å². The average Bonchev–Trinajstić information content (AvgIpc) is 2.94. The smallest absolute Gasteiger partial charge is 0.223 e. The van der Waals surface area contributed by atoms with E-state index in [0.717, 1.165) is 21.1 Å². The second-order valence-corrected chi connectivity index (χ2v) is 5.49. The largest absolute Gasteiger partial charge is 0.382 e. The number of halogens is 1. The van der Waals surface area contributed by atoms with Gasteiger partial charge in [0.25, 0.3) is 0 Å². The van der Waals surface area contributed by atoms with Crippen LogP contribution >= 0.6 is 15.9 Å². The van der Waals surface area contributed by atoms with Crippen molar-refractivity contribution in [1.29, 1.82) is 0 Å². The topological polar surface area (TPSA) is 75.7 Å². The predicted molar refractivity (Wildman–Crippen MR) is 84.1 cm³/mol. The van der Waals surface area contributed by atoms with Crippen LogP contribution < -0.4 is 5.32 Å². The van der Waals surface area contributed by atoms with Gasteiger partial charge in [0.05, 0.1) is 25.0 Å². The lowest BCUT2D eigenvalue weighted by molar-refractivity contribution is 0.186. The molecule has 0 aliphatic rings. The molecule has 0 amide bonds. The Bertz CT molecular complexity index is 745. The summed E-state index contributed by atoms with van der Waals surface area (Å²) in [6, 6.07) is 8.03. The van der Waals surface area contributed by atoms with Gasteiger partial charge in [-0.3, -0.25) is 5.10 Å². The number of rotatable bonds is 5. The number of aromatic nitrogens is 4. The van der Waals surface area contributed by atoms with E-state index in [4.69, 9.17) is 4.74 Å². The molecule has 108 valence electrons. The fraction of sp³-hybridized carbons (Fsp3) is 0.214. The van der Waals surface area contributed by atoms with Crippen LogP contribution in [0, 0.1) is 0 Å². The minimum Gasteiger partial charge on any atom is -0.382 e. The summed E-state index contributed by atoms with van der Waals surface area (Å²) in [5.74, 6) is 0.547. The highest BCUT2D eigenvalue weighted by molar-refractivity contribution is 9.10. The molecule has 0 fully saturated rings. The van der Waals surface area contributed by atoms with Crippen molar-refractivity contribution in [3.63, 3.8) is 0 Å². The predicted octanol–water partition coefficient (Wildman–Crippen LogP) is 2.92. The molecule has 0 saturated heterocycles. The van der Waals surface area contributed by atoms with Crippen molar-refractivity contribution in [1.82, 2.24) is 20.2 Å². The van der Waals surface area contributed by atoms with E-state index in [1.807, 2.05) is 24.3 Å². The molecule has 0 radical (unpaired) electrons. The normalized spacial score (nSPS) is 12.5. The quantitative estimate of drug-likeness (QED) is 0.742. The Morgan fingerprint density at radius 2 is 2.29 bits per heavy atom. The van der Waals surface area contributed by atoms with Crippen LogP contribution in [0.4, 0.5) is 5.95 Å². The zero-order valence-corrected chi connectivity index (χ0v) is 13.0. The first-order valence-electron chi connectivity index (χ1n) is 6.43. The number of anilines is 1. The molecule has 0 spiro atoms. The lowest BCUT2D eigenvalue weighted by atomic mass is 10.1. The van der Waals surface area contributed by atoms with Crippen molar-refractivity contribution in [2.45, 2.75) is 6.04 Å². The van der Waals surface area contributed by atoms with Crippen LogP contribution in [0.25, 0.3) is 11.0 Å². The number of hydrogen-bond acceptors (Lipinski definition) is 5. The summed E-state index contributed by atoms with van der Waals surface area (Å²) in [6.07, 6.45) is 3.38. The van der Waals surface area contributed by atoms with E-state index in [1.165, 1.54) is 0 Å². The molecule has 3 rings (SSSR count). The Balaban J connectivity index is 1.87. The molecule has 0 aliphatic carbocycles. The van der Waals surface area contributed by atoms with Gasteiger partial charge in [-0.1, -0.05) is 28.1 Å². The van der Waals surface area contributed by atoms with Crippen LogP contribution in [0.3, 0.4) is 0 Å². The fourth-order valence-electron chi connectivity index (χ4n) is 2.08. The van der Waals surface area contributed by atoms with Gasteiger partial charge in [-0.25, -0.2) is 9.97 Å². The zero-order chi connectivity index (χ0) is 14.7.